The maximum Gasteiger partial charge on any atom is 0.164 e. The number of benzene rings is 3. The fourth-order valence-electron chi connectivity index (χ4n) is 4.89. The van der Waals surface area contributed by atoms with Gasteiger partial charge in [-0.25, -0.2) is 15.0 Å². The number of aryl methyl sites for hydroxylation is 4. The molecule has 38 heavy (non-hydrogen) atoms. The number of unbranched alkanes of at least 4 members (excludes halogenated alkanes) is 6. The molecule has 0 amide bonds. The lowest BCUT2D eigenvalue weighted by atomic mass is 9.94. The number of hydrogen-bond donors (Lipinski definition) is 0. The van der Waals surface area contributed by atoms with Crippen LogP contribution in [0.1, 0.15) is 87.5 Å². The molecule has 0 aliphatic heterocycles. The summed E-state index contributed by atoms with van der Waals surface area (Å²) in [5, 5.41) is 0. The van der Waals surface area contributed by atoms with Crippen LogP contribution in [0.2, 0.25) is 0 Å². The summed E-state index contributed by atoms with van der Waals surface area (Å²) in [6, 6.07) is 23.8. The van der Waals surface area contributed by atoms with E-state index in [4.69, 9.17) is 15.0 Å². The molecule has 0 fully saturated rings. The molecule has 0 N–H and O–H groups in total. The Morgan fingerprint density at radius 1 is 0.447 bits per heavy atom. The molecule has 0 saturated heterocycles. The zero-order chi connectivity index (χ0) is 26.7. The van der Waals surface area contributed by atoms with Crippen molar-refractivity contribution in [1.82, 2.24) is 15.0 Å². The monoisotopic (exact) mass is 505 g/mol. The largest absolute Gasteiger partial charge is 0.208 e. The average molecular weight is 506 g/mol. The molecule has 198 valence electrons. The van der Waals surface area contributed by atoms with Gasteiger partial charge in [0.25, 0.3) is 0 Å². The number of hydrogen-bond acceptors (Lipinski definition) is 3. The lowest BCUT2D eigenvalue weighted by molar-refractivity contribution is 0.650. The highest BCUT2D eigenvalue weighted by molar-refractivity contribution is 5.67. The normalized spacial score (nSPS) is 11.2. The highest BCUT2D eigenvalue weighted by atomic mass is 15.0. The molecule has 0 saturated carbocycles. The SMILES string of the molecule is CCCCCCc1ccc(-c2nc(-c3ccc(C)cc3)nc(-c3ccc(C)cc3)n2)cc1CCCCCC. The van der Waals surface area contributed by atoms with Gasteiger partial charge in [-0.1, -0.05) is 124 Å². The summed E-state index contributed by atoms with van der Waals surface area (Å²) in [6.45, 7) is 8.76. The van der Waals surface area contributed by atoms with Crippen LogP contribution in [0.3, 0.4) is 0 Å². The highest BCUT2D eigenvalue weighted by Gasteiger charge is 2.14. The third-order valence-electron chi connectivity index (χ3n) is 7.32. The summed E-state index contributed by atoms with van der Waals surface area (Å²) in [6.07, 6.45) is 12.5. The Balaban J connectivity index is 1.73. The van der Waals surface area contributed by atoms with E-state index in [1.165, 1.54) is 73.6 Å². The van der Waals surface area contributed by atoms with Gasteiger partial charge < -0.3 is 0 Å². The van der Waals surface area contributed by atoms with Gasteiger partial charge in [-0.05, 0) is 56.7 Å². The van der Waals surface area contributed by atoms with E-state index in [0.29, 0.717) is 0 Å². The number of nitrogens with zero attached hydrogens (tertiary/aromatic N) is 3. The Morgan fingerprint density at radius 2 is 0.868 bits per heavy atom. The molecule has 0 spiro atoms. The zero-order valence-electron chi connectivity index (χ0n) is 23.8. The van der Waals surface area contributed by atoms with Crippen molar-refractivity contribution in [3.8, 4) is 34.2 Å². The first-order valence-electron chi connectivity index (χ1n) is 14.6. The lowest BCUT2D eigenvalue weighted by Crippen LogP contribution is -2.02. The minimum Gasteiger partial charge on any atom is -0.208 e. The first-order valence-corrected chi connectivity index (χ1v) is 14.6. The molecule has 3 nitrogen and oxygen atoms in total. The Bertz CT molecular complexity index is 1230. The van der Waals surface area contributed by atoms with Gasteiger partial charge in [0.15, 0.2) is 17.5 Å². The van der Waals surface area contributed by atoms with Crippen molar-refractivity contribution < 1.29 is 0 Å². The minimum atomic E-state index is 0.721. The molecule has 0 aliphatic rings. The van der Waals surface area contributed by atoms with Crippen LogP contribution < -0.4 is 0 Å². The van der Waals surface area contributed by atoms with Crippen LogP contribution in [0.4, 0.5) is 0 Å². The summed E-state index contributed by atoms with van der Waals surface area (Å²) in [4.78, 5) is 14.9. The predicted molar refractivity (Wildman–Crippen MR) is 161 cm³/mol. The maximum absolute atomic E-state index is 4.99. The first kappa shape index (κ1) is 27.7. The molecule has 0 bridgehead atoms. The van der Waals surface area contributed by atoms with Gasteiger partial charge in [0.1, 0.15) is 0 Å². The third kappa shape index (κ3) is 7.60. The Morgan fingerprint density at radius 3 is 1.34 bits per heavy atom. The summed E-state index contributed by atoms with van der Waals surface area (Å²) >= 11 is 0. The third-order valence-corrected chi connectivity index (χ3v) is 7.32. The van der Waals surface area contributed by atoms with Crippen molar-refractivity contribution in [3.63, 3.8) is 0 Å². The molecule has 3 heteroatoms. The molecule has 0 unspecified atom stereocenters. The number of rotatable bonds is 13. The smallest absolute Gasteiger partial charge is 0.164 e. The Labute approximate surface area is 229 Å². The Kier molecular flexibility index (Phi) is 10.2. The van der Waals surface area contributed by atoms with E-state index >= 15 is 0 Å². The second-order valence-electron chi connectivity index (χ2n) is 10.6. The molecule has 1 aromatic heterocycles. The van der Waals surface area contributed by atoms with Gasteiger partial charge in [-0.3, -0.25) is 0 Å². The first-order chi connectivity index (χ1) is 18.6. The molecule has 0 atom stereocenters. The molecule has 1 heterocycles. The fourth-order valence-corrected chi connectivity index (χ4v) is 4.89. The van der Waals surface area contributed by atoms with Crippen molar-refractivity contribution in [2.24, 2.45) is 0 Å². The Hall–Kier alpha value is -3.33. The van der Waals surface area contributed by atoms with Crippen molar-refractivity contribution in [1.29, 1.82) is 0 Å². The minimum absolute atomic E-state index is 0.721. The summed E-state index contributed by atoms with van der Waals surface area (Å²) in [5.74, 6) is 2.19. The van der Waals surface area contributed by atoms with Gasteiger partial charge in [0, 0.05) is 16.7 Å². The van der Waals surface area contributed by atoms with E-state index in [0.717, 1.165) is 47.0 Å². The van der Waals surface area contributed by atoms with Gasteiger partial charge in [-0.15, -0.1) is 0 Å². The van der Waals surface area contributed by atoms with Gasteiger partial charge >= 0.3 is 0 Å². The van der Waals surface area contributed by atoms with E-state index in [1.54, 1.807) is 0 Å². The van der Waals surface area contributed by atoms with Gasteiger partial charge in [0.2, 0.25) is 0 Å². The molecule has 0 aliphatic carbocycles. The number of aromatic nitrogens is 3. The van der Waals surface area contributed by atoms with Crippen LogP contribution in [-0.2, 0) is 12.8 Å². The van der Waals surface area contributed by atoms with Crippen LogP contribution in [0.15, 0.2) is 66.7 Å². The van der Waals surface area contributed by atoms with E-state index in [9.17, 15) is 0 Å². The fraction of sp³-hybridized carbons (Fsp3) is 0.400. The van der Waals surface area contributed by atoms with Crippen LogP contribution in [0, 0.1) is 13.8 Å². The summed E-state index contributed by atoms with van der Waals surface area (Å²) in [5.41, 5.74) is 8.52. The maximum atomic E-state index is 4.99. The van der Waals surface area contributed by atoms with Crippen molar-refractivity contribution in [2.45, 2.75) is 91.9 Å². The van der Waals surface area contributed by atoms with E-state index in [-0.39, 0.29) is 0 Å². The molecule has 0 radical (unpaired) electrons. The standard InChI is InChI=1S/C35H43N3/c1-5-7-9-11-13-28-23-24-32(25-31(28)14-12-10-8-6-2)35-37-33(29-19-15-26(3)16-20-29)36-34(38-35)30-21-17-27(4)18-22-30/h15-25H,5-14H2,1-4H3. The van der Waals surface area contributed by atoms with Crippen LogP contribution >= 0.6 is 0 Å². The van der Waals surface area contributed by atoms with Crippen molar-refractivity contribution in [2.75, 3.05) is 0 Å². The molecule has 3 aromatic carbocycles. The topological polar surface area (TPSA) is 38.7 Å². The second kappa shape index (κ2) is 14.0. The summed E-state index contributed by atoms with van der Waals surface area (Å²) in [7, 11) is 0. The lowest BCUT2D eigenvalue weighted by Gasteiger charge is -2.13. The van der Waals surface area contributed by atoms with E-state index in [2.05, 4.69) is 94.4 Å². The van der Waals surface area contributed by atoms with E-state index in [1.807, 2.05) is 0 Å². The van der Waals surface area contributed by atoms with Crippen LogP contribution in [0.5, 0.6) is 0 Å². The van der Waals surface area contributed by atoms with Crippen molar-refractivity contribution >= 4 is 0 Å². The van der Waals surface area contributed by atoms with Crippen LogP contribution in [0.25, 0.3) is 34.2 Å². The van der Waals surface area contributed by atoms with Gasteiger partial charge in [-0.2, -0.15) is 0 Å². The highest BCUT2D eigenvalue weighted by Crippen LogP contribution is 2.28. The molecular weight excluding hydrogens is 462 g/mol. The molecular formula is C35H43N3. The van der Waals surface area contributed by atoms with Crippen molar-refractivity contribution in [3.05, 3.63) is 89.0 Å². The molecule has 4 aromatic rings. The zero-order valence-corrected chi connectivity index (χ0v) is 23.8. The average Bonchev–Trinajstić information content (AvgIpc) is 2.94. The van der Waals surface area contributed by atoms with Gasteiger partial charge in [0.05, 0.1) is 0 Å². The quantitative estimate of drug-likeness (QED) is 0.170. The molecule has 4 rings (SSSR count). The van der Waals surface area contributed by atoms with Crippen LogP contribution in [-0.4, -0.2) is 15.0 Å². The second-order valence-corrected chi connectivity index (χ2v) is 10.6. The predicted octanol–water partition coefficient (Wildman–Crippen LogP) is 9.74. The van der Waals surface area contributed by atoms with E-state index < -0.39 is 0 Å². The summed E-state index contributed by atoms with van der Waals surface area (Å²) < 4.78 is 0.